The van der Waals surface area contributed by atoms with Gasteiger partial charge in [0.25, 0.3) is 0 Å². The molecule has 12 heavy (non-hydrogen) atoms. The van der Waals surface area contributed by atoms with Crippen LogP contribution in [0.3, 0.4) is 0 Å². The monoisotopic (exact) mass is 160 g/mol. The fourth-order valence-corrected chi connectivity index (χ4v) is 1.13. The molecule has 1 heterocycles. The predicted octanol–water partition coefficient (Wildman–Crippen LogP) is 1.31. The van der Waals surface area contributed by atoms with E-state index in [1.165, 1.54) is 6.08 Å². The molecule has 0 bridgehead atoms. The van der Waals surface area contributed by atoms with Crippen molar-refractivity contribution in [2.75, 3.05) is 5.43 Å². The molecule has 1 aromatic rings. The maximum atomic E-state index is 11.3. The van der Waals surface area contributed by atoms with Crippen molar-refractivity contribution in [1.82, 2.24) is 5.43 Å². The van der Waals surface area contributed by atoms with E-state index in [1.807, 2.05) is 18.2 Å². The maximum Gasteiger partial charge on any atom is 0.189 e. The van der Waals surface area contributed by atoms with Gasteiger partial charge >= 0.3 is 0 Å². The molecule has 1 aromatic carbocycles. The lowest BCUT2D eigenvalue weighted by Crippen LogP contribution is -2.13. The molecular weight excluding hydrogens is 152 g/mol. The molecule has 1 aliphatic heterocycles. The number of fused-ring (bicyclic) bond motifs is 1. The van der Waals surface area contributed by atoms with E-state index in [-0.39, 0.29) is 5.78 Å². The van der Waals surface area contributed by atoms with Gasteiger partial charge in [-0.25, -0.2) is 0 Å². The van der Waals surface area contributed by atoms with Crippen LogP contribution >= 0.6 is 0 Å². The Morgan fingerprint density at radius 2 is 2.00 bits per heavy atom. The summed E-state index contributed by atoms with van der Waals surface area (Å²) >= 11 is 0. The van der Waals surface area contributed by atoms with E-state index in [4.69, 9.17) is 0 Å². The van der Waals surface area contributed by atoms with Crippen LogP contribution in [0.5, 0.6) is 0 Å². The lowest BCUT2D eigenvalue weighted by atomic mass is 10.1. The van der Waals surface area contributed by atoms with Gasteiger partial charge < -0.3 is 10.9 Å². The van der Waals surface area contributed by atoms with Crippen LogP contribution in [0.4, 0.5) is 5.69 Å². The summed E-state index contributed by atoms with van der Waals surface area (Å²) in [5.74, 6) is 0.0168. The van der Waals surface area contributed by atoms with Crippen LogP contribution in [0.15, 0.2) is 36.5 Å². The van der Waals surface area contributed by atoms with Crippen LogP contribution in [0.1, 0.15) is 10.4 Å². The molecule has 2 rings (SSSR count). The second kappa shape index (κ2) is 2.70. The van der Waals surface area contributed by atoms with Gasteiger partial charge in [-0.1, -0.05) is 12.1 Å². The van der Waals surface area contributed by atoms with Gasteiger partial charge in [-0.05, 0) is 12.1 Å². The highest BCUT2D eigenvalue weighted by Gasteiger charge is 2.08. The van der Waals surface area contributed by atoms with Gasteiger partial charge in [0.05, 0.1) is 5.69 Å². The number of nitrogens with one attached hydrogen (secondary N) is 2. The molecule has 0 aliphatic carbocycles. The Labute approximate surface area is 70.1 Å². The molecule has 60 valence electrons. The summed E-state index contributed by atoms with van der Waals surface area (Å²) in [4.78, 5) is 11.3. The van der Waals surface area contributed by atoms with Crippen molar-refractivity contribution in [3.63, 3.8) is 0 Å². The predicted molar refractivity (Wildman–Crippen MR) is 46.7 cm³/mol. The summed E-state index contributed by atoms with van der Waals surface area (Å²) in [5, 5.41) is 0. The Morgan fingerprint density at radius 3 is 2.92 bits per heavy atom. The largest absolute Gasteiger partial charge is 0.308 e. The molecule has 0 unspecified atom stereocenters. The third-order valence-corrected chi connectivity index (χ3v) is 1.72. The number of rotatable bonds is 0. The molecule has 0 atom stereocenters. The second-order valence-corrected chi connectivity index (χ2v) is 2.51. The van der Waals surface area contributed by atoms with E-state index in [0.717, 1.165) is 5.69 Å². The van der Waals surface area contributed by atoms with E-state index in [2.05, 4.69) is 10.9 Å². The van der Waals surface area contributed by atoms with Gasteiger partial charge in [-0.3, -0.25) is 4.79 Å². The van der Waals surface area contributed by atoms with Gasteiger partial charge in [-0.2, -0.15) is 0 Å². The van der Waals surface area contributed by atoms with Crippen molar-refractivity contribution >= 4 is 11.5 Å². The lowest BCUT2D eigenvalue weighted by Gasteiger charge is -2.05. The number of hydrazine groups is 1. The summed E-state index contributed by atoms with van der Waals surface area (Å²) in [7, 11) is 0. The van der Waals surface area contributed by atoms with Crippen LogP contribution < -0.4 is 10.9 Å². The van der Waals surface area contributed by atoms with E-state index < -0.39 is 0 Å². The molecule has 1 aliphatic rings. The third kappa shape index (κ3) is 1.05. The second-order valence-electron chi connectivity index (χ2n) is 2.51. The number of benzene rings is 1. The number of ketones is 1. The first-order valence-electron chi connectivity index (χ1n) is 3.69. The first-order chi connectivity index (χ1) is 5.88. The summed E-state index contributed by atoms with van der Waals surface area (Å²) in [6.45, 7) is 0. The Kier molecular flexibility index (Phi) is 1.55. The zero-order chi connectivity index (χ0) is 8.39. The number of para-hydroxylation sites is 1. The average Bonchev–Trinajstić information content (AvgIpc) is 2.29. The average molecular weight is 160 g/mol. The topological polar surface area (TPSA) is 41.1 Å². The van der Waals surface area contributed by atoms with Crippen LogP contribution in [0, 0.1) is 0 Å². The minimum Gasteiger partial charge on any atom is -0.308 e. The lowest BCUT2D eigenvalue weighted by molar-refractivity contribution is 0.104. The normalized spacial score (nSPS) is 14.2. The van der Waals surface area contributed by atoms with Crippen molar-refractivity contribution in [3.05, 3.63) is 42.1 Å². The van der Waals surface area contributed by atoms with E-state index in [0.29, 0.717) is 5.56 Å². The van der Waals surface area contributed by atoms with Crippen LogP contribution in [-0.4, -0.2) is 5.78 Å². The molecule has 0 amide bonds. The summed E-state index contributed by atoms with van der Waals surface area (Å²) in [5.41, 5.74) is 7.19. The standard InChI is InChI=1S/C9H8N2O/c12-9-5-6-10-11-8-4-2-1-3-7(8)9/h1-6,10-11H. The third-order valence-electron chi connectivity index (χ3n) is 1.72. The molecular formula is C9H8N2O. The van der Waals surface area contributed by atoms with Gasteiger partial charge in [0.1, 0.15) is 0 Å². The Hall–Kier alpha value is -1.77. The highest BCUT2D eigenvalue weighted by atomic mass is 16.1. The van der Waals surface area contributed by atoms with Crippen molar-refractivity contribution < 1.29 is 4.79 Å². The van der Waals surface area contributed by atoms with E-state index in [9.17, 15) is 4.79 Å². The molecule has 0 spiro atoms. The maximum absolute atomic E-state index is 11.3. The molecule has 0 saturated heterocycles. The molecule has 3 nitrogen and oxygen atoms in total. The smallest absolute Gasteiger partial charge is 0.189 e. The van der Waals surface area contributed by atoms with Gasteiger partial charge in [0, 0.05) is 17.8 Å². The molecule has 0 aromatic heterocycles. The summed E-state index contributed by atoms with van der Waals surface area (Å²) in [6.07, 6.45) is 3.08. The van der Waals surface area contributed by atoms with Gasteiger partial charge in [0.2, 0.25) is 0 Å². The van der Waals surface area contributed by atoms with Gasteiger partial charge in [0.15, 0.2) is 5.78 Å². The number of carbonyl (C=O) groups is 1. The van der Waals surface area contributed by atoms with E-state index in [1.54, 1.807) is 12.3 Å². The fourth-order valence-electron chi connectivity index (χ4n) is 1.13. The molecule has 3 heteroatoms. The Balaban J connectivity index is 2.53. The Morgan fingerprint density at radius 1 is 1.17 bits per heavy atom. The zero-order valence-corrected chi connectivity index (χ0v) is 6.37. The summed E-state index contributed by atoms with van der Waals surface area (Å²) < 4.78 is 0. The number of allylic oxidation sites excluding steroid dienone is 1. The highest BCUT2D eigenvalue weighted by molar-refractivity contribution is 6.08. The van der Waals surface area contributed by atoms with E-state index >= 15 is 0 Å². The van der Waals surface area contributed by atoms with Crippen LogP contribution in [-0.2, 0) is 0 Å². The highest BCUT2D eigenvalue weighted by Crippen LogP contribution is 2.16. The molecule has 0 radical (unpaired) electrons. The van der Waals surface area contributed by atoms with Crippen molar-refractivity contribution in [2.45, 2.75) is 0 Å². The first kappa shape index (κ1) is 6.91. The Bertz CT molecular complexity index is 344. The van der Waals surface area contributed by atoms with Crippen LogP contribution in [0.25, 0.3) is 0 Å². The molecule has 0 saturated carbocycles. The SMILES string of the molecule is O=C1C=CNNc2ccccc21. The first-order valence-corrected chi connectivity index (χ1v) is 3.69. The fraction of sp³-hybridized carbons (Fsp3) is 0. The van der Waals surface area contributed by atoms with Crippen molar-refractivity contribution in [1.29, 1.82) is 0 Å². The van der Waals surface area contributed by atoms with Gasteiger partial charge in [-0.15, -0.1) is 0 Å². The molecule has 0 fully saturated rings. The number of hydrogen-bond donors (Lipinski definition) is 2. The summed E-state index contributed by atoms with van der Waals surface area (Å²) in [6, 6.07) is 7.37. The van der Waals surface area contributed by atoms with Crippen molar-refractivity contribution in [2.24, 2.45) is 0 Å². The quantitative estimate of drug-likeness (QED) is 0.601. The number of anilines is 1. The molecule has 2 N–H and O–H groups in total. The number of hydrogen-bond acceptors (Lipinski definition) is 3. The number of carbonyl (C=O) groups excluding carboxylic acids is 1. The minimum absolute atomic E-state index is 0.0168. The van der Waals surface area contributed by atoms with Crippen molar-refractivity contribution in [3.8, 4) is 0 Å². The van der Waals surface area contributed by atoms with Crippen LogP contribution in [0.2, 0.25) is 0 Å². The zero-order valence-electron chi connectivity index (χ0n) is 6.37. The minimum atomic E-state index is 0.0168.